The van der Waals surface area contributed by atoms with Gasteiger partial charge in [0.05, 0.1) is 18.2 Å². The van der Waals surface area contributed by atoms with E-state index in [0.29, 0.717) is 23.1 Å². The number of hydrogen-bond acceptors (Lipinski definition) is 5. The van der Waals surface area contributed by atoms with Gasteiger partial charge in [-0.15, -0.1) is 0 Å². The molecule has 1 aromatic carbocycles. The molecule has 6 nitrogen and oxygen atoms in total. The van der Waals surface area contributed by atoms with Crippen LogP contribution in [0.5, 0.6) is 5.75 Å². The maximum absolute atomic E-state index is 12.5. The zero-order valence-electron chi connectivity index (χ0n) is 19.2. The fraction of sp³-hybridized carbons (Fsp3) is 0.520. The molecule has 0 radical (unpaired) electrons. The molecule has 1 atom stereocenters. The normalized spacial score (nSPS) is 15.5. The molecule has 3 rings (SSSR count). The molecular weight excluding hydrogens is 426 g/mol. The van der Waals surface area contributed by atoms with Crippen LogP contribution in [0.15, 0.2) is 30.5 Å². The van der Waals surface area contributed by atoms with E-state index in [9.17, 15) is 4.79 Å². The Bertz CT molecular complexity index is 873. The highest BCUT2D eigenvalue weighted by molar-refractivity contribution is 6.30. The summed E-state index contributed by atoms with van der Waals surface area (Å²) in [6.07, 6.45) is 6.20. The number of rotatable bonds is 9. The summed E-state index contributed by atoms with van der Waals surface area (Å²) in [5.41, 5.74) is 2.41. The van der Waals surface area contributed by atoms with Crippen LogP contribution in [0.25, 0.3) is 0 Å². The van der Waals surface area contributed by atoms with Crippen molar-refractivity contribution < 1.29 is 14.6 Å². The molecule has 0 spiro atoms. The van der Waals surface area contributed by atoms with Crippen molar-refractivity contribution in [2.45, 2.75) is 52.5 Å². The number of aryl methyl sites for hydroxylation is 2. The van der Waals surface area contributed by atoms with E-state index in [1.54, 1.807) is 13.1 Å². The third-order valence-corrected chi connectivity index (χ3v) is 6.28. The SMILES string of the molecule is Cc1cc(OCCCC2CCN(c3ccc(Cl)cn3)CC2)cc(C)c1C(=O)N[C@H](C)CO. The summed E-state index contributed by atoms with van der Waals surface area (Å²) in [5.74, 6) is 2.36. The molecule has 2 heterocycles. The van der Waals surface area contributed by atoms with Crippen LogP contribution in [0.3, 0.4) is 0 Å². The van der Waals surface area contributed by atoms with Gasteiger partial charge < -0.3 is 20.1 Å². The molecule has 7 heteroatoms. The number of anilines is 1. The number of halogens is 1. The molecular formula is C25H34ClN3O3. The van der Waals surface area contributed by atoms with Gasteiger partial charge in [0.25, 0.3) is 5.91 Å². The Morgan fingerprint density at radius 1 is 1.28 bits per heavy atom. The Hall–Kier alpha value is -2.31. The Morgan fingerprint density at radius 2 is 1.97 bits per heavy atom. The molecule has 1 aromatic heterocycles. The number of aliphatic hydroxyl groups is 1. The van der Waals surface area contributed by atoms with Gasteiger partial charge in [-0.2, -0.15) is 0 Å². The summed E-state index contributed by atoms with van der Waals surface area (Å²) in [7, 11) is 0. The van der Waals surface area contributed by atoms with Gasteiger partial charge in [-0.3, -0.25) is 4.79 Å². The minimum Gasteiger partial charge on any atom is -0.494 e. The number of piperidine rings is 1. The molecule has 1 aliphatic heterocycles. The Kier molecular flexibility index (Phi) is 8.76. The van der Waals surface area contributed by atoms with Crippen molar-refractivity contribution in [2.24, 2.45) is 5.92 Å². The molecule has 0 aliphatic carbocycles. The molecule has 0 bridgehead atoms. The van der Waals surface area contributed by atoms with E-state index in [1.165, 1.54) is 12.8 Å². The standard InChI is InChI=1S/C25H34ClN3O3/c1-17-13-22(14-18(2)24(17)25(31)28-19(3)16-30)32-12-4-5-20-8-10-29(11-9-20)23-7-6-21(26)15-27-23/h6-7,13-15,19-20,30H,4-5,8-12,16H2,1-3H3,(H,28,31)/t19-/m1/s1. The third kappa shape index (κ3) is 6.59. The number of amides is 1. The minimum absolute atomic E-state index is 0.0813. The van der Waals surface area contributed by atoms with Crippen molar-refractivity contribution in [3.63, 3.8) is 0 Å². The summed E-state index contributed by atoms with van der Waals surface area (Å²) < 4.78 is 5.99. The van der Waals surface area contributed by atoms with E-state index in [-0.39, 0.29) is 18.6 Å². The number of ether oxygens (including phenoxy) is 1. The number of benzene rings is 1. The number of aromatic nitrogens is 1. The van der Waals surface area contributed by atoms with Gasteiger partial charge in [0, 0.05) is 30.9 Å². The van der Waals surface area contributed by atoms with Gasteiger partial charge >= 0.3 is 0 Å². The highest BCUT2D eigenvalue weighted by Gasteiger charge is 2.20. The molecule has 1 aliphatic rings. The number of aliphatic hydroxyl groups excluding tert-OH is 1. The number of nitrogens with zero attached hydrogens (tertiary/aromatic N) is 2. The van der Waals surface area contributed by atoms with Crippen LogP contribution in [0.4, 0.5) is 5.82 Å². The van der Waals surface area contributed by atoms with Crippen LogP contribution < -0.4 is 15.0 Å². The van der Waals surface area contributed by atoms with Gasteiger partial charge in [0.2, 0.25) is 0 Å². The van der Waals surface area contributed by atoms with Gasteiger partial charge in [-0.1, -0.05) is 11.6 Å². The van der Waals surface area contributed by atoms with Gasteiger partial charge in [0.1, 0.15) is 11.6 Å². The monoisotopic (exact) mass is 459 g/mol. The second kappa shape index (κ2) is 11.5. The van der Waals surface area contributed by atoms with Gasteiger partial charge in [-0.05, 0) is 87.8 Å². The van der Waals surface area contributed by atoms with Crippen molar-refractivity contribution in [1.29, 1.82) is 0 Å². The average Bonchev–Trinajstić information content (AvgIpc) is 2.77. The number of carbonyl (C=O) groups is 1. The van der Waals surface area contributed by atoms with Crippen molar-refractivity contribution >= 4 is 23.3 Å². The summed E-state index contributed by atoms with van der Waals surface area (Å²) >= 11 is 5.93. The molecule has 0 unspecified atom stereocenters. The maximum Gasteiger partial charge on any atom is 0.252 e. The average molecular weight is 460 g/mol. The fourth-order valence-electron chi connectivity index (χ4n) is 4.27. The van der Waals surface area contributed by atoms with Crippen molar-refractivity contribution in [2.75, 3.05) is 31.2 Å². The van der Waals surface area contributed by atoms with Crippen LogP contribution >= 0.6 is 11.6 Å². The van der Waals surface area contributed by atoms with Crippen LogP contribution in [0, 0.1) is 19.8 Å². The lowest BCUT2D eigenvalue weighted by Crippen LogP contribution is -2.35. The first-order valence-electron chi connectivity index (χ1n) is 11.4. The smallest absolute Gasteiger partial charge is 0.252 e. The molecule has 0 saturated carbocycles. The third-order valence-electron chi connectivity index (χ3n) is 6.06. The second-order valence-corrected chi connectivity index (χ2v) is 9.18. The van der Waals surface area contributed by atoms with Crippen molar-refractivity contribution in [3.05, 3.63) is 52.2 Å². The second-order valence-electron chi connectivity index (χ2n) is 8.74. The Labute approximate surface area is 195 Å². The number of hydrogen-bond donors (Lipinski definition) is 2. The van der Waals surface area contributed by atoms with Gasteiger partial charge in [-0.25, -0.2) is 4.98 Å². The highest BCUT2D eigenvalue weighted by atomic mass is 35.5. The van der Waals surface area contributed by atoms with E-state index < -0.39 is 0 Å². The predicted molar refractivity (Wildman–Crippen MR) is 129 cm³/mol. The molecule has 1 saturated heterocycles. The van der Waals surface area contributed by atoms with Crippen molar-refractivity contribution in [3.8, 4) is 5.75 Å². The fourth-order valence-corrected chi connectivity index (χ4v) is 4.39. The summed E-state index contributed by atoms with van der Waals surface area (Å²) in [5, 5.41) is 12.6. The van der Waals surface area contributed by atoms with Crippen LogP contribution in [0.2, 0.25) is 5.02 Å². The Balaban J connectivity index is 1.42. The highest BCUT2D eigenvalue weighted by Crippen LogP contribution is 2.26. The lowest BCUT2D eigenvalue weighted by atomic mass is 9.92. The zero-order chi connectivity index (χ0) is 23.1. The molecule has 2 aromatic rings. The first-order valence-corrected chi connectivity index (χ1v) is 11.8. The topological polar surface area (TPSA) is 74.7 Å². The predicted octanol–water partition coefficient (Wildman–Crippen LogP) is 4.54. The summed E-state index contributed by atoms with van der Waals surface area (Å²) in [4.78, 5) is 19.2. The van der Waals surface area contributed by atoms with E-state index in [4.69, 9.17) is 21.4 Å². The van der Waals surface area contributed by atoms with Crippen LogP contribution in [0.1, 0.15) is 54.1 Å². The molecule has 1 fully saturated rings. The summed E-state index contributed by atoms with van der Waals surface area (Å²) in [6, 6.07) is 7.45. The first kappa shape index (κ1) is 24.3. The van der Waals surface area contributed by atoms with Crippen LogP contribution in [-0.4, -0.2) is 48.3 Å². The maximum atomic E-state index is 12.5. The lowest BCUT2D eigenvalue weighted by molar-refractivity contribution is 0.0921. The van der Waals surface area contributed by atoms with E-state index >= 15 is 0 Å². The number of pyridine rings is 1. The largest absolute Gasteiger partial charge is 0.494 e. The van der Waals surface area contributed by atoms with Gasteiger partial charge in [0.15, 0.2) is 0 Å². The van der Waals surface area contributed by atoms with Crippen molar-refractivity contribution in [1.82, 2.24) is 10.3 Å². The van der Waals surface area contributed by atoms with E-state index in [0.717, 1.165) is 48.6 Å². The molecule has 32 heavy (non-hydrogen) atoms. The number of nitrogens with one attached hydrogen (secondary N) is 1. The lowest BCUT2D eigenvalue weighted by Gasteiger charge is -2.32. The number of carbonyl (C=O) groups excluding carboxylic acids is 1. The van der Waals surface area contributed by atoms with Crippen LogP contribution in [-0.2, 0) is 0 Å². The summed E-state index contributed by atoms with van der Waals surface area (Å²) in [6.45, 7) is 8.25. The quantitative estimate of drug-likeness (QED) is 0.538. The molecule has 1 amide bonds. The van der Waals surface area contributed by atoms with E-state index in [2.05, 4.69) is 15.2 Å². The molecule has 174 valence electrons. The first-order chi connectivity index (χ1) is 15.4. The van der Waals surface area contributed by atoms with E-state index in [1.807, 2.05) is 38.1 Å². The Morgan fingerprint density at radius 3 is 2.56 bits per heavy atom. The molecule has 2 N–H and O–H groups in total. The zero-order valence-corrected chi connectivity index (χ0v) is 20.0. The minimum atomic E-state index is -0.272.